The van der Waals surface area contributed by atoms with Crippen LogP contribution in [0.3, 0.4) is 0 Å². The van der Waals surface area contributed by atoms with Gasteiger partial charge < -0.3 is 10.6 Å². The first kappa shape index (κ1) is 11.4. The van der Waals surface area contributed by atoms with E-state index >= 15 is 0 Å². The molecule has 2 fully saturated rings. The van der Waals surface area contributed by atoms with E-state index < -0.39 is 0 Å². The van der Waals surface area contributed by atoms with Gasteiger partial charge in [0.15, 0.2) is 0 Å². The van der Waals surface area contributed by atoms with E-state index in [9.17, 15) is 0 Å². The van der Waals surface area contributed by atoms with Crippen molar-refractivity contribution in [2.24, 2.45) is 17.1 Å². The average molecular weight is 210 g/mol. The minimum absolute atomic E-state index is 0.334. The van der Waals surface area contributed by atoms with Gasteiger partial charge in [0.2, 0.25) is 0 Å². The second kappa shape index (κ2) is 4.06. The van der Waals surface area contributed by atoms with Crippen LogP contribution in [0.15, 0.2) is 0 Å². The number of hydrogen-bond donors (Lipinski definition) is 1. The lowest BCUT2D eigenvalue weighted by atomic mass is 9.71. The fourth-order valence-corrected chi connectivity index (χ4v) is 2.97. The first-order valence-corrected chi connectivity index (χ1v) is 6.46. The van der Waals surface area contributed by atoms with Crippen molar-refractivity contribution in [1.82, 2.24) is 4.90 Å². The first-order valence-electron chi connectivity index (χ1n) is 6.46. The molecule has 0 aromatic rings. The van der Waals surface area contributed by atoms with Crippen molar-refractivity contribution in [2.75, 3.05) is 13.6 Å². The fraction of sp³-hybridized carbons (Fsp3) is 1.00. The molecule has 0 aromatic carbocycles. The Balaban J connectivity index is 1.94. The molecule has 0 aliphatic heterocycles. The highest BCUT2D eigenvalue weighted by atomic mass is 15.2. The van der Waals surface area contributed by atoms with E-state index in [1.54, 1.807) is 0 Å². The van der Waals surface area contributed by atoms with Gasteiger partial charge in [-0.1, -0.05) is 20.3 Å². The Bertz CT molecular complexity index is 221. The molecule has 2 saturated carbocycles. The van der Waals surface area contributed by atoms with Gasteiger partial charge in [-0.15, -0.1) is 0 Å². The van der Waals surface area contributed by atoms with Gasteiger partial charge in [0.25, 0.3) is 0 Å². The number of rotatable bonds is 3. The number of likely N-dealkylation sites (N-methyl/N-ethyl adjacent to an activating group) is 1. The highest BCUT2D eigenvalue weighted by Crippen LogP contribution is 2.37. The Morgan fingerprint density at radius 3 is 2.53 bits per heavy atom. The van der Waals surface area contributed by atoms with Crippen LogP contribution < -0.4 is 5.73 Å². The highest BCUT2D eigenvalue weighted by molar-refractivity contribution is 4.96. The van der Waals surface area contributed by atoms with Gasteiger partial charge in [-0.2, -0.15) is 0 Å². The van der Waals surface area contributed by atoms with Crippen LogP contribution in [0.1, 0.15) is 46.0 Å². The van der Waals surface area contributed by atoms with Crippen molar-refractivity contribution in [3.63, 3.8) is 0 Å². The van der Waals surface area contributed by atoms with Gasteiger partial charge in [0, 0.05) is 18.6 Å². The zero-order chi connectivity index (χ0) is 11.1. The standard InChI is InChI=1S/C13H26N2/c1-13(2)8-4-5-11(12(13)14)15(3)9-10-6-7-10/h10-12H,4-9,14H2,1-3H3. The van der Waals surface area contributed by atoms with Crippen LogP contribution in [0.5, 0.6) is 0 Å². The molecule has 2 rings (SSSR count). The van der Waals surface area contributed by atoms with Crippen LogP contribution in [0.25, 0.3) is 0 Å². The van der Waals surface area contributed by atoms with Gasteiger partial charge in [0.1, 0.15) is 0 Å². The van der Waals surface area contributed by atoms with E-state index in [4.69, 9.17) is 5.73 Å². The maximum atomic E-state index is 6.41. The smallest absolute Gasteiger partial charge is 0.0249 e. The van der Waals surface area contributed by atoms with Crippen LogP contribution in [0.4, 0.5) is 0 Å². The molecule has 0 heterocycles. The summed E-state index contributed by atoms with van der Waals surface area (Å²) in [6.45, 7) is 5.93. The lowest BCUT2D eigenvalue weighted by Crippen LogP contribution is -2.56. The van der Waals surface area contributed by atoms with Crippen molar-refractivity contribution >= 4 is 0 Å². The summed E-state index contributed by atoms with van der Waals surface area (Å²) in [7, 11) is 2.27. The molecular weight excluding hydrogens is 184 g/mol. The Labute approximate surface area is 94.2 Å². The highest BCUT2D eigenvalue weighted by Gasteiger charge is 2.39. The third-order valence-corrected chi connectivity index (χ3v) is 4.45. The minimum atomic E-state index is 0.334. The Kier molecular flexibility index (Phi) is 3.09. The molecule has 0 spiro atoms. The summed E-state index contributed by atoms with van der Waals surface area (Å²) in [5.41, 5.74) is 6.75. The SMILES string of the molecule is CN(CC1CC1)C1CCCC(C)(C)C1N. The molecule has 2 aliphatic carbocycles. The molecule has 2 aliphatic rings. The molecule has 0 amide bonds. The van der Waals surface area contributed by atoms with E-state index in [-0.39, 0.29) is 0 Å². The molecular formula is C13H26N2. The van der Waals surface area contributed by atoms with Crippen LogP contribution in [-0.4, -0.2) is 30.6 Å². The number of nitrogens with two attached hydrogens (primary N) is 1. The minimum Gasteiger partial charge on any atom is -0.326 e. The predicted octanol–water partition coefficient (Wildman–Crippen LogP) is 2.23. The third-order valence-electron chi connectivity index (χ3n) is 4.45. The molecule has 2 heteroatoms. The average Bonchev–Trinajstić information content (AvgIpc) is 2.93. The monoisotopic (exact) mass is 210 g/mol. The molecule has 0 aromatic heterocycles. The Hall–Kier alpha value is -0.0800. The van der Waals surface area contributed by atoms with Crippen LogP contribution in [-0.2, 0) is 0 Å². The third kappa shape index (κ3) is 2.54. The molecule has 0 radical (unpaired) electrons. The van der Waals surface area contributed by atoms with Gasteiger partial charge in [-0.05, 0) is 44.1 Å². The quantitative estimate of drug-likeness (QED) is 0.774. The Morgan fingerprint density at radius 1 is 1.27 bits per heavy atom. The fourth-order valence-electron chi connectivity index (χ4n) is 2.97. The summed E-state index contributed by atoms with van der Waals surface area (Å²) in [5.74, 6) is 0.979. The maximum absolute atomic E-state index is 6.41. The second-order valence-electron chi connectivity index (χ2n) is 6.36. The predicted molar refractivity (Wildman–Crippen MR) is 64.7 cm³/mol. The van der Waals surface area contributed by atoms with E-state index in [2.05, 4.69) is 25.8 Å². The van der Waals surface area contributed by atoms with Crippen molar-refractivity contribution in [3.8, 4) is 0 Å². The van der Waals surface area contributed by atoms with Crippen molar-refractivity contribution in [2.45, 2.75) is 58.0 Å². The summed E-state index contributed by atoms with van der Waals surface area (Å²) in [4.78, 5) is 2.53. The van der Waals surface area contributed by atoms with Crippen molar-refractivity contribution in [3.05, 3.63) is 0 Å². The molecule has 2 N–H and O–H groups in total. The molecule has 0 bridgehead atoms. The normalized spacial score (nSPS) is 35.8. The summed E-state index contributed by atoms with van der Waals surface area (Å²) >= 11 is 0. The molecule has 2 unspecified atom stereocenters. The molecule has 88 valence electrons. The summed E-state index contributed by atoms with van der Waals surface area (Å²) in [6, 6.07) is 0.976. The van der Waals surface area contributed by atoms with E-state index in [0.29, 0.717) is 17.5 Å². The van der Waals surface area contributed by atoms with Crippen LogP contribution >= 0.6 is 0 Å². The lowest BCUT2D eigenvalue weighted by molar-refractivity contribution is 0.0820. The molecule has 0 saturated heterocycles. The van der Waals surface area contributed by atoms with Crippen LogP contribution in [0.2, 0.25) is 0 Å². The van der Waals surface area contributed by atoms with E-state index in [1.165, 1.54) is 38.6 Å². The maximum Gasteiger partial charge on any atom is 0.0249 e. The van der Waals surface area contributed by atoms with Crippen LogP contribution in [0, 0.1) is 11.3 Å². The Morgan fingerprint density at radius 2 is 1.93 bits per heavy atom. The van der Waals surface area contributed by atoms with Gasteiger partial charge in [-0.3, -0.25) is 0 Å². The summed E-state index contributed by atoms with van der Waals surface area (Å²) in [6.07, 6.45) is 6.82. The molecule has 2 atom stereocenters. The number of hydrogen-bond acceptors (Lipinski definition) is 2. The van der Waals surface area contributed by atoms with Crippen molar-refractivity contribution < 1.29 is 0 Å². The number of nitrogens with zero attached hydrogens (tertiary/aromatic N) is 1. The zero-order valence-electron chi connectivity index (χ0n) is 10.5. The second-order valence-corrected chi connectivity index (χ2v) is 6.36. The lowest BCUT2D eigenvalue weighted by Gasteiger charge is -2.45. The summed E-state index contributed by atoms with van der Waals surface area (Å²) in [5, 5.41) is 0. The molecule has 15 heavy (non-hydrogen) atoms. The van der Waals surface area contributed by atoms with Gasteiger partial charge in [-0.25, -0.2) is 0 Å². The van der Waals surface area contributed by atoms with Gasteiger partial charge >= 0.3 is 0 Å². The topological polar surface area (TPSA) is 29.3 Å². The first-order chi connectivity index (χ1) is 7.00. The van der Waals surface area contributed by atoms with Gasteiger partial charge in [0.05, 0.1) is 0 Å². The molecule has 2 nitrogen and oxygen atoms in total. The van der Waals surface area contributed by atoms with Crippen molar-refractivity contribution in [1.29, 1.82) is 0 Å². The largest absolute Gasteiger partial charge is 0.326 e. The summed E-state index contributed by atoms with van der Waals surface area (Å²) < 4.78 is 0. The van der Waals surface area contributed by atoms with E-state index in [0.717, 1.165) is 5.92 Å². The zero-order valence-corrected chi connectivity index (χ0v) is 10.5. The van der Waals surface area contributed by atoms with E-state index in [1.807, 2.05) is 0 Å².